The van der Waals surface area contributed by atoms with Crippen LogP contribution in [0.4, 0.5) is 0 Å². The molecule has 1 aromatic carbocycles. The van der Waals surface area contributed by atoms with Crippen LogP contribution in [0.3, 0.4) is 0 Å². The normalized spacial score (nSPS) is 12.0. The van der Waals surface area contributed by atoms with E-state index in [1.54, 1.807) is 12.2 Å². The number of rotatable bonds is 3. The van der Waals surface area contributed by atoms with E-state index in [0.717, 1.165) is 28.1 Å². The van der Waals surface area contributed by atoms with Gasteiger partial charge in [0.15, 0.2) is 5.78 Å². The topological polar surface area (TPSA) is 52.4 Å². The first kappa shape index (κ1) is 14.5. The Morgan fingerprint density at radius 2 is 1.88 bits per heavy atom. The number of para-hydroxylation sites is 2. The molecular formula is C19H17N3O2. The number of benzene rings is 1. The van der Waals surface area contributed by atoms with E-state index < -0.39 is 0 Å². The summed E-state index contributed by atoms with van der Waals surface area (Å²) in [5, 5.41) is 4.56. The van der Waals surface area contributed by atoms with Crippen molar-refractivity contribution in [1.82, 2.24) is 14.2 Å². The number of ketones is 1. The first-order chi connectivity index (χ1) is 11.6. The van der Waals surface area contributed by atoms with Gasteiger partial charge < -0.3 is 8.98 Å². The molecule has 0 fully saturated rings. The van der Waals surface area contributed by atoms with E-state index in [9.17, 15) is 4.79 Å². The molecule has 0 unspecified atom stereocenters. The lowest BCUT2D eigenvalue weighted by molar-refractivity contribution is 0.104. The highest BCUT2D eigenvalue weighted by Gasteiger charge is 2.20. The second kappa shape index (κ2) is 5.23. The molecule has 0 saturated carbocycles. The second-order valence-electron chi connectivity index (χ2n) is 5.89. The largest absolute Gasteiger partial charge is 0.462 e. The zero-order chi connectivity index (χ0) is 16.8. The molecule has 0 saturated heterocycles. The van der Waals surface area contributed by atoms with E-state index in [-0.39, 0.29) is 5.78 Å². The molecule has 0 N–H and O–H groups in total. The van der Waals surface area contributed by atoms with Gasteiger partial charge in [-0.25, -0.2) is 4.52 Å². The monoisotopic (exact) mass is 319 g/mol. The molecule has 0 bridgehead atoms. The Kier molecular flexibility index (Phi) is 3.16. The summed E-state index contributed by atoms with van der Waals surface area (Å²) in [7, 11) is 1.95. The number of nitrogens with zero attached hydrogens (tertiary/aromatic N) is 3. The Labute approximate surface area is 138 Å². The molecule has 120 valence electrons. The van der Waals surface area contributed by atoms with Crippen LogP contribution < -0.4 is 0 Å². The lowest BCUT2D eigenvalue weighted by Crippen LogP contribution is -1.99. The maximum Gasteiger partial charge on any atom is 0.191 e. The Hall–Kier alpha value is -3.08. The van der Waals surface area contributed by atoms with Gasteiger partial charge in [-0.05, 0) is 50.3 Å². The van der Waals surface area contributed by atoms with Crippen molar-refractivity contribution in [2.45, 2.75) is 13.8 Å². The third-order valence-electron chi connectivity index (χ3n) is 4.23. The number of furan rings is 1. The molecule has 0 aliphatic heterocycles. The quantitative estimate of drug-likeness (QED) is 0.425. The molecule has 0 aliphatic rings. The summed E-state index contributed by atoms with van der Waals surface area (Å²) in [5.74, 6) is 1.40. The maximum absolute atomic E-state index is 12.8. The van der Waals surface area contributed by atoms with E-state index in [2.05, 4.69) is 5.10 Å². The van der Waals surface area contributed by atoms with Crippen LogP contribution in [0.1, 0.15) is 27.6 Å². The van der Waals surface area contributed by atoms with Gasteiger partial charge in [-0.2, -0.15) is 5.10 Å². The summed E-state index contributed by atoms with van der Waals surface area (Å²) in [4.78, 5) is 12.8. The predicted octanol–water partition coefficient (Wildman–Crippen LogP) is 3.93. The maximum atomic E-state index is 12.8. The van der Waals surface area contributed by atoms with E-state index in [0.29, 0.717) is 11.3 Å². The average Bonchev–Trinajstić information content (AvgIpc) is 3.21. The second-order valence-corrected chi connectivity index (χ2v) is 5.89. The molecule has 0 atom stereocenters. The van der Waals surface area contributed by atoms with Crippen LogP contribution in [-0.2, 0) is 7.05 Å². The Bertz CT molecular complexity index is 1110. The molecule has 0 radical (unpaired) electrons. The zero-order valence-corrected chi connectivity index (χ0v) is 13.8. The van der Waals surface area contributed by atoms with Crippen LogP contribution >= 0.6 is 0 Å². The molecule has 5 heteroatoms. The Balaban J connectivity index is 1.85. The van der Waals surface area contributed by atoms with E-state index in [1.165, 1.54) is 0 Å². The molecule has 4 aromatic rings. The molecule has 24 heavy (non-hydrogen) atoms. The van der Waals surface area contributed by atoms with Gasteiger partial charge in [-0.1, -0.05) is 12.1 Å². The van der Waals surface area contributed by atoms with Crippen molar-refractivity contribution in [2.24, 2.45) is 7.05 Å². The number of fused-ring (bicyclic) bond motifs is 3. The van der Waals surface area contributed by atoms with Crippen molar-refractivity contribution in [3.8, 4) is 0 Å². The van der Waals surface area contributed by atoms with Crippen LogP contribution in [0, 0.1) is 13.8 Å². The summed E-state index contributed by atoms with van der Waals surface area (Å²) in [6, 6.07) is 11.7. The minimum Gasteiger partial charge on any atom is -0.462 e. The van der Waals surface area contributed by atoms with Gasteiger partial charge >= 0.3 is 0 Å². The van der Waals surface area contributed by atoms with Crippen LogP contribution in [0.25, 0.3) is 22.8 Å². The molecule has 4 rings (SSSR count). The summed E-state index contributed by atoms with van der Waals surface area (Å²) in [6.07, 6.45) is 3.24. The van der Waals surface area contributed by atoms with Crippen molar-refractivity contribution < 1.29 is 9.21 Å². The third kappa shape index (κ3) is 2.09. The van der Waals surface area contributed by atoms with E-state index in [4.69, 9.17) is 4.42 Å². The smallest absolute Gasteiger partial charge is 0.191 e. The van der Waals surface area contributed by atoms with Gasteiger partial charge in [-0.15, -0.1) is 0 Å². The van der Waals surface area contributed by atoms with Crippen LogP contribution in [-0.4, -0.2) is 20.0 Å². The van der Waals surface area contributed by atoms with Gasteiger partial charge in [0.05, 0.1) is 22.3 Å². The fourth-order valence-corrected chi connectivity index (χ4v) is 3.11. The fourth-order valence-electron chi connectivity index (χ4n) is 3.11. The molecule has 3 aromatic heterocycles. The number of hydrogen-bond donors (Lipinski definition) is 0. The summed E-state index contributed by atoms with van der Waals surface area (Å²) >= 11 is 0. The number of allylic oxidation sites excluding steroid dienone is 1. The van der Waals surface area contributed by atoms with Crippen molar-refractivity contribution in [3.63, 3.8) is 0 Å². The third-order valence-corrected chi connectivity index (χ3v) is 4.23. The van der Waals surface area contributed by atoms with Gasteiger partial charge in [0.1, 0.15) is 17.2 Å². The molecule has 0 spiro atoms. The minimum atomic E-state index is -0.0811. The first-order valence-corrected chi connectivity index (χ1v) is 7.78. The van der Waals surface area contributed by atoms with Crippen molar-refractivity contribution >= 4 is 28.5 Å². The van der Waals surface area contributed by atoms with Crippen molar-refractivity contribution in [2.75, 3.05) is 0 Å². The van der Waals surface area contributed by atoms with Crippen LogP contribution in [0.5, 0.6) is 0 Å². The van der Waals surface area contributed by atoms with Crippen LogP contribution in [0.2, 0.25) is 0 Å². The van der Waals surface area contributed by atoms with E-state index >= 15 is 0 Å². The molecule has 3 heterocycles. The standard InChI is InChI=1S/C19H17N3O2/c1-12-8-9-14(24-12)10-11-17(23)18-13(2)20-22-16-7-5-4-6-15(16)21(3)19(18)22/h4-11H,1-3H3. The summed E-state index contributed by atoms with van der Waals surface area (Å²) in [6.45, 7) is 3.74. The lowest BCUT2D eigenvalue weighted by atomic mass is 10.1. The molecular weight excluding hydrogens is 302 g/mol. The van der Waals surface area contributed by atoms with E-state index in [1.807, 2.05) is 66.4 Å². The SMILES string of the molecule is Cc1ccc(C=CC(=O)c2c(C)nn3c4ccccc4n(C)c23)o1. The predicted molar refractivity (Wildman–Crippen MR) is 93.2 cm³/mol. The summed E-state index contributed by atoms with van der Waals surface area (Å²) in [5.41, 5.74) is 4.17. The fraction of sp³-hybridized carbons (Fsp3) is 0.158. The summed E-state index contributed by atoms with van der Waals surface area (Å²) < 4.78 is 9.32. The number of carbonyl (C=O) groups is 1. The number of aryl methyl sites for hydroxylation is 3. The Morgan fingerprint density at radius 3 is 2.58 bits per heavy atom. The lowest BCUT2D eigenvalue weighted by Gasteiger charge is -1.98. The number of aromatic nitrogens is 3. The first-order valence-electron chi connectivity index (χ1n) is 7.78. The van der Waals surface area contributed by atoms with Crippen molar-refractivity contribution in [3.05, 3.63) is 65.3 Å². The van der Waals surface area contributed by atoms with Gasteiger partial charge in [0.25, 0.3) is 0 Å². The number of imidazole rings is 1. The van der Waals surface area contributed by atoms with Crippen LogP contribution in [0.15, 0.2) is 46.9 Å². The van der Waals surface area contributed by atoms with Gasteiger partial charge in [-0.3, -0.25) is 4.79 Å². The number of hydrogen-bond acceptors (Lipinski definition) is 3. The van der Waals surface area contributed by atoms with Crippen molar-refractivity contribution in [1.29, 1.82) is 0 Å². The Morgan fingerprint density at radius 1 is 1.12 bits per heavy atom. The van der Waals surface area contributed by atoms with Gasteiger partial charge in [0, 0.05) is 7.05 Å². The average molecular weight is 319 g/mol. The molecule has 0 amide bonds. The van der Waals surface area contributed by atoms with Gasteiger partial charge in [0.2, 0.25) is 0 Å². The highest BCUT2D eigenvalue weighted by molar-refractivity contribution is 6.12. The molecule has 0 aliphatic carbocycles. The minimum absolute atomic E-state index is 0.0811. The highest BCUT2D eigenvalue weighted by Crippen LogP contribution is 2.25. The highest BCUT2D eigenvalue weighted by atomic mass is 16.3. The zero-order valence-electron chi connectivity index (χ0n) is 13.8. The molecule has 5 nitrogen and oxygen atoms in total. The number of carbonyl (C=O) groups excluding carboxylic acids is 1.